The summed E-state index contributed by atoms with van der Waals surface area (Å²) >= 11 is 0. The van der Waals surface area contributed by atoms with Gasteiger partial charge in [0.1, 0.15) is 23.8 Å². The van der Waals surface area contributed by atoms with E-state index >= 15 is 0 Å². The van der Waals surface area contributed by atoms with Gasteiger partial charge in [-0.05, 0) is 35.7 Å². The van der Waals surface area contributed by atoms with Crippen molar-refractivity contribution in [2.75, 3.05) is 6.61 Å². The fourth-order valence-electron chi connectivity index (χ4n) is 3.54. The summed E-state index contributed by atoms with van der Waals surface area (Å²) in [6.07, 6.45) is 3.76. The Hall–Kier alpha value is -3.93. The van der Waals surface area contributed by atoms with Gasteiger partial charge >= 0.3 is 0 Å². The first-order valence-corrected chi connectivity index (χ1v) is 10.1. The number of benzene rings is 2. The van der Waals surface area contributed by atoms with Gasteiger partial charge in [0, 0.05) is 12.3 Å². The van der Waals surface area contributed by atoms with E-state index in [1.54, 1.807) is 6.20 Å². The molecule has 0 N–H and O–H groups in total. The predicted molar refractivity (Wildman–Crippen MR) is 114 cm³/mol. The van der Waals surface area contributed by atoms with Crippen LogP contribution in [0.15, 0.2) is 83.5 Å². The van der Waals surface area contributed by atoms with Crippen molar-refractivity contribution >= 4 is 5.78 Å². The first-order chi connectivity index (χ1) is 15.3. The number of carbonyl (C=O) groups excluding carboxylic acids is 1. The van der Waals surface area contributed by atoms with Crippen molar-refractivity contribution in [2.45, 2.75) is 13.0 Å². The molecule has 1 atom stereocenters. The molecule has 0 saturated heterocycles. The Balaban J connectivity index is 1.25. The van der Waals surface area contributed by atoms with Crippen molar-refractivity contribution in [2.24, 2.45) is 5.92 Å². The van der Waals surface area contributed by atoms with Gasteiger partial charge in [-0.1, -0.05) is 42.5 Å². The Labute approximate surface area is 179 Å². The number of ketones is 1. The Bertz CT molecular complexity index is 1190. The standard InChI is InChI=1S/C25H20N2O4/c28-24(25-27-14-23(31-25)21-8-4-5-11-26-21)19-12-18-9-10-20(13-22(18)30-16-19)29-15-17-6-2-1-3-7-17/h1-11,13-14,19H,12,15-16H2/t19-/m1/s1. The minimum absolute atomic E-state index is 0.0838. The highest BCUT2D eigenvalue weighted by molar-refractivity contribution is 5.94. The highest BCUT2D eigenvalue weighted by Crippen LogP contribution is 2.33. The number of hydrogen-bond donors (Lipinski definition) is 0. The molecule has 0 radical (unpaired) electrons. The molecule has 0 spiro atoms. The summed E-state index contributed by atoms with van der Waals surface area (Å²) in [6.45, 7) is 0.763. The number of rotatable bonds is 6. The predicted octanol–water partition coefficient (Wildman–Crippen LogP) is 4.75. The quantitative estimate of drug-likeness (QED) is 0.426. The van der Waals surface area contributed by atoms with Crippen LogP contribution in [0.25, 0.3) is 11.5 Å². The fourth-order valence-corrected chi connectivity index (χ4v) is 3.54. The Morgan fingerprint density at radius 2 is 1.90 bits per heavy atom. The summed E-state index contributed by atoms with van der Waals surface area (Å²) < 4.78 is 17.4. The molecule has 1 aliphatic rings. The van der Waals surface area contributed by atoms with Gasteiger partial charge in [-0.25, -0.2) is 4.98 Å². The molecular formula is C25H20N2O4. The third-order valence-electron chi connectivity index (χ3n) is 5.20. The second-order valence-corrected chi connectivity index (χ2v) is 7.36. The van der Waals surface area contributed by atoms with Crippen LogP contribution in [0.3, 0.4) is 0 Å². The lowest BCUT2D eigenvalue weighted by atomic mass is 9.93. The maximum atomic E-state index is 12.9. The van der Waals surface area contributed by atoms with Crippen LogP contribution in [-0.4, -0.2) is 22.4 Å². The number of hydrogen-bond acceptors (Lipinski definition) is 6. The van der Waals surface area contributed by atoms with Crippen molar-refractivity contribution in [1.29, 1.82) is 0 Å². The van der Waals surface area contributed by atoms with Crippen LogP contribution in [0.2, 0.25) is 0 Å². The molecule has 1 aliphatic heterocycles. The first kappa shape index (κ1) is 19.1. The molecule has 4 aromatic rings. The molecule has 2 aromatic carbocycles. The number of carbonyl (C=O) groups is 1. The van der Waals surface area contributed by atoms with Gasteiger partial charge in [0.25, 0.3) is 5.89 Å². The molecule has 31 heavy (non-hydrogen) atoms. The zero-order chi connectivity index (χ0) is 21.0. The van der Waals surface area contributed by atoms with E-state index in [0.717, 1.165) is 22.6 Å². The van der Waals surface area contributed by atoms with Gasteiger partial charge in [-0.2, -0.15) is 0 Å². The van der Waals surface area contributed by atoms with E-state index in [-0.39, 0.29) is 24.2 Å². The second kappa shape index (κ2) is 8.44. The largest absolute Gasteiger partial charge is 0.492 e. The molecule has 154 valence electrons. The molecule has 5 rings (SSSR count). The monoisotopic (exact) mass is 412 g/mol. The molecule has 0 aliphatic carbocycles. The third kappa shape index (κ3) is 4.19. The molecule has 0 saturated carbocycles. The van der Waals surface area contributed by atoms with E-state index in [0.29, 0.717) is 24.5 Å². The third-order valence-corrected chi connectivity index (χ3v) is 5.20. The molecule has 2 aromatic heterocycles. The number of oxazole rings is 1. The van der Waals surface area contributed by atoms with Crippen molar-refractivity contribution in [3.63, 3.8) is 0 Å². The highest BCUT2D eigenvalue weighted by Gasteiger charge is 2.30. The summed E-state index contributed by atoms with van der Waals surface area (Å²) in [6, 6.07) is 21.2. The SMILES string of the molecule is O=C(c1ncc(-c2ccccn2)o1)[C@H]1COc2cc(OCc3ccccc3)ccc2C1. The van der Waals surface area contributed by atoms with Gasteiger partial charge < -0.3 is 13.9 Å². The van der Waals surface area contributed by atoms with Crippen molar-refractivity contribution in [1.82, 2.24) is 9.97 Å². The van der Waals surface area contributed by atoms with E-state index in [1.165, 1.54) is 6.20 Å². The Morgan fingerprint density at radius 1 is 1.03 bits per heavy atom. The molecule has 0 fully saturated rings. The van der Waals surface area contributed by atoms with Crippen LogP contribution in [-0.2, 0) is 13.0 Å². The van der Waals surface area contributed by atoms with E-state index in [9.17, 15) is 4.79 Å². The molecular weight excluding hydrogens is 392 g/mol. The van der Waals surface area contributed by atoms with Gasteiger partial charge in [0.15, 0.2) is 5.76 Å². The normalized spacial score (nSPS) is 15.0. The zero-order valence-electron chi connectivity index (χ0n) is 16.7. The van der Waals surface area contributed by atoms with E-state index in [2.05, 4.69) is 9.97 Å². The van der Waals surface area contributed by atoms with Crippen molar-refractivity contribution < 1.29 is 18.7 Å². The van der Waals surface area contributed by atoms with Crippen LogP contribution in [0.5, 0.6) is 11.5 Å². The van der Waals surface area contributed by atoms with Gasteiger partial charge in [0.05, 0.1) is 18.7 Å². The van der Waals surface area contributed by atoms with Gasteiger partial charge in [-0.3, -0.25) is 9.78 Å². The minimum atomic E-state index is -0.348. The lowest BCUT2D eigenvalue weighted by Gasteiger charge is -2.24. The van der Waals surface area contributed by atoms with Gasteiger partial charge in [-0.15, -0.1) is 0 Å². The number of aromatic nitrogens is 2. The van der Waals surface area contributed by atoms with Crippen LogP contribution < -0.4 is 9.47 Å². The number of ether oxygens (including phenoxy) is 2. The number of fused-ring (bicyclic) bond motifs is 1. The average Bonchev–Trinajstić information content (AvgIpc) is 3.33. The molecule has 3 heterocycles. The summed E-state index contributed by atoms with van der Waals surface area (Å²) in [5, 5.41) is 0. The van der Waals surface area contributed by atoms with E-state index in [1.807, 2.05) is 66.7 Å². The minimum Gasteiger partial charge on any atom is -0.492 e. The Kier molecular flexibility index (Phi) is 5.19. The smallest absolute Gasteiger partial charge is 0.264 e. The lowest BCUT2D eigenvalue weighted by molar-refractivity contribution is 0.0819. The number of pyridine rings is 1. The van der Waals surface area contributed by atoms with Crippen LogP contribution >= 0.6 is 0 Å². The summed E-state index contributed by atoms with van der Waals surface area (Å²) in [4.78, 5) is 21.3. The summed E-state index contributed by atoms with van der Waals surface area (Å²) in [7, 11) is 0. The average molecular weight is 412 g/mol. The van der Waals surface area contributed by atoms with Crippen LogP contribution in [0.1, 0.15) is 21.8 Å². The summed E-state index contributed by atoms with van der Waals surface area (Å²) in [5.74, 6) is 1.52. The van der Waals surface area contributed by atoms with E-state index < -0.39 is 0 Å². The lowest BCUT2D eigenvalue weighted by Crippen LogP contribution is -2.28. The topological polar surface area (TPSA) is 74.5 Å². The maximum Gasteiger partial charge on any atom is 0.264 e. The zero-order valence-corrected chi connectivity index (χ0v) is 16.7. The maximum absolute atomic E-state index is 12.9. The van der Waals surface area contributed by atoms with E-state index in [4.69, 9.17) is 13.9 Å². The Morgan fingerprint density at radius 3 is 2.74 bits per heavy atom. The highest BCUT2D eigenvalue weighted by atomic mass is 16.5. The molecule has 6 heteroatoms. The number of Topliss-reactive ketones (excluding diaryl/α,β-unsaturated/α-hetero) is 1. The number of nitrogens with zero attached hydrogens (tertiary/aromatic N) is 2. The summed E-state index contributed by atoms with van der Waals surface area (Å²) in [5.41, 5.74) is 2.71. The molecule has 0 unspecified atom stereocenters. The second-order valence-electron chi connectivity index (χ2n) is 7.36. The first-order valence-electron chi connectivity index (χ1n) is 10.1. The molecule has 6 nitrogen and oxygen atoms in total. The van der Waals surface area contributed by atoms with Crippen LogP contribution in [0, 0.1) is 5.92 Å². The molecule has 0 amide bonds. The molecule has 0 bridgehead atoms. The van der Waals surface area contributed by atoms with Crippen LogP contribution in [0.4, 0.5) is 0 Å². The van der Waals surface area contributed by atoms with Crippen molar-refractivity contribution in [3.05, 3.63) is 96.1 Å². The van der Waals surface area contributed by atoms with Gasteiger partial charge in [0.2, 0.25) is 5.78 Å². The van der Waals surface area contributed by atoms with Crippen molar-refractivity contribution in [3.8, 4) is 23.0 Å². The fraction of sp³-hybridized carbons (Fsp3) is 0.160.